The summed E-state index contributed by atoms with van der Waals surface area (Å²) in [6.45, 7) is 10.9. The van der Waals surface area contributed by atoms with Crippen LogP contribution in [0.5, 0.6) is 0 Å². The Labute approximate surface area is 118 Å². The maximum atomic E-state index is 12.4. The van der Waals surface area contributed by atoms with Gasteiger partial charge in [-0.3, -0.25) is 0 Å². The largest absolute Gasteiger partial charge is 0.317 e. The third-order valence-corrected chi connectivity index (χ3v) is 5.05. The summed E-state index contributed by atoms with van der Waals surface area (Å²) in [5.41, 5.74) is -0.432. The first kappa shape index (κ1) is 16.9. The van der Waals surface area contributed by atoms with E-state index in [-0.39, 0.29) is 0 Å². The predicted octanol–water partition coefficient (Wildman–Crippen LogP) is 1.33. The molecule has 0 bridgehead atoms. The van der Waals surface area contributed by atoms with E-state index in [4.69, 9.17) is 0 Å². The van der Waals surface area contributed by atoms with Crippen LogP contribution in [0.3, 0.4) is 0 Å². The molecule has 5 nitrogen and oxygen atoms in total. The zero-order valence-electron chi connectivity index (χ0n) is 12.7. The van der Waals surface area contributed by atoms with Gasteiger partial charge in [0, 0.05) is 18.6 Å². The highest BCUT2D eigenvalue weighted by molar-refractivity contribution is 7.87. The standard InChI is InChI=1S/C13H29N3O2S/c1-5-10-16(11-12-6-8-14-9-7-12)19(17,18)15-13(2,3)4/h12,14-15H,5-11H2,1-4H3. The van der Waals surface area contributed by atoms with E-state index in [0.717, 1.165) is 32.4 Å². The summed E-state index contributed by atoms with van der Waals surface area (Å²) >= 11 is 0. The maximum Gasteiger partial charge on any atom is 0.279 e. The molecule has 0 radical (unpaired) electrons. The molecule has 0 aliphatic carbocycles. The Morgan fingerprint density at radius 2 is 1.84 bits per heavy atom. The summed E-state index contributed by atoms with van der Waals surface area (Å²) in [7, 11) is -3.38. The van der Waals surface area contributed by atoms with Gasteiger partial charge in [0.2, 0.25) is 0 Å². The molecule has 1 aliphatic rings. The fourth-order valence-electron chi connectivity index (χ4n) is 2.36. The van der Waals surface area contributed by atoms with Gasteiger partial charge in [0.25, 0.3) is 10.2 Å². The summed E-state index contributed by atoms with van der Waals surface area (Å²) in [6.07, 6.45) is 2.96. The molecule has 2 N–H and O–H groups in total. The number of rotatable bonds is 6. The zero-order chi connectivity index (χ0) is 14.5. The molecule has 0 aromatic carbocycles. The van der Waals surface area contributed by atoms with E-state index in [1.54, 1.807) is 4.31 Å². The Kier molecular flexibility index (Phi) is 6.23. The molecule has 1 aliphatic heterocycles. The second kappa shape index (κ2) is 7.02. The van der Waals surface area contributed by atoms with Gasteiger partial charge in [-0.05, 0) is 59.0 Å². The van der Waals surface area contributed by atoms with Gasteiger partial charge in [-0.1, -0.05) is 6.92 Å². The van der Waals surface area contributed by atoms with E-state index >= 15 is 0 Å². The smallest absolute Gasteiger partial charge is 0.279 e. The molecule has 0 atom stereocenters. The van der Waals surface area contributed by atoms with Crippen molar-refractivity contribution in [3.63, 3.8) is 0 Å². The molecule has 19 heavy (non-hydrogen) atoms. The molecule has 1 rings (SSSR count). The highest BCUT2D eigenvalue weighted by Crippen LogP contribution is 2.16. The molecule has 0 saturated carbocycles. The van der Waals surface area contributed by atoms with Crippen LogP contribution in [0, 0.1) is 5.92 Å². The van der Waals surface area contributed by atoms with Crippen molar-refractivity contribution in [1.82, 2.24) is 14.3 Å². The lowest BCUT2D eigenvalue weighted by Gasteiger charge is -2.31. The van der Waals surface area contributed by atoms with Crippen LogP contribution in [0.4, 0.5) is 0 Å². The molecule has 6 heteroatoms. The molecular formula is C13H29N3O2S. The van der Waals surface area contributed by atoms with Crippen LogP contribution in [-0.4, -0.2) is 44.4 Å². The third-order valence-electron chi connectivity index (χ3n) is 3.17. The summed E-state index contributed by atoms with van der Waals surface area (Å²) in [6, 6.07) is 0. The second-order valence-electron chi connectivity index (χ2n) is 6.41. The number of piperidine rings is 1. The maximum absolute atomic E-state index is 12.4. The topological polar surface area (TPSA) is 61.4 Å². The normalized spacial score (nSPS) is 19.0. The number of nitrogens with zero attached hydrogens (tertiary/aromatic N) is 1. The molecule has 0 unspecified atom stereocenters. The van der Waals surface area contributed by atoms with Crippen molar-refractivity contribution >= 4 is 10.2 Å². The van der Waals surface area contributed by atoms with Gasteiger partial charge < -0.3 is 5.32 Å². The third kappa shape index (κ3) is 6.21. The van der Waals surface area contributed by atoms with E-state index < -0.39 is 15.7 Å². The van der Waals surface area contributed by atoms with Crippen LogP contribution < -0.4 is 10.0 Å². The molecule has 1 fully saturated rings. The number of hydrogen-bond acceptors (Lipinski definition) is 3. The van der Waals surface area contributed by atoms with E-state index in [1.165, 1.54) is 0 Å². The summed E-state index contributed by atoms with van der Waals surface area (Å²) < 4.78 is 29.2. The molecular weight excluding hydrogens is 262 g/mol. The van der Waals surface area contributed by atoms with Gasteiger partial charge in [-0.2, -0.15) is 17.4 Å². The van der Waals surface area contributed by atoms with Gasteiger partial charge in [0.1, 0.15) is 0 Å². The number of nitrogens with one attached hydrogen (secondary N) is 2. The molecule has 1 saturated heterocycles. The van der Waals surface area contributed by atoms with Gasteiger partial charge in [0.05, 0.1) is 0 Å². The van der Waals surface area contributed by atoms with Crippen molar-refractivity contribution in [2.24, 2.45) is 5.92 Å². The summed E-state index contributed by atoms with van der Waals surface area (Å²) in [4.78, 5) is 0. The lowest BCUT2D eigenvalue weighted by molar-refractivity contribution is 0.282. The Morgan fingerprint density at radius 1 is 1.26 bits per heavy atom. The van der Waals surface area contributed by atoms with Crippen LogP contribution in [-0.2, 0) is 10.2 Å². The SMILES string of the molecule is CCCN(CC1CCNCC1)S(=O)(=O)NC(C)(C)C. The van der Waals surface area contributed by atoms with Gasteiger partial charge >= 0.3 is 0 Å². The van der Waals surface area contributed by atoms with Crippen molar-refractivity contribution in [3.05, 3.63) is 0 Å². The quantitative estimate of drug-likeness (QED) is 0.776. The van der Waals surface area contributed by atoms with Crippen LogP contribution >= 0.6 is 0 Å². The minimum atomic E-state index is -3.38. The van der Waals surface area contributed by atoms with E-state index in [2.05, 4.69) is 10.0 Å². The predicted molar refractivity (Wildman–Crippen MR) is 79.3 cm³/mol. The van der Waals surface area contributed by atoms with Crippen LogP contribution in [0.1, 0.15) is 47.0 Å². The molecule has 1 heterocycles. The molecule has 0 amide bonds. The van der Waals surface area contributed by atoms with Gasteiger partial charge in [-0.25, -0.2) is 0 Å². The van der Waals surface area contributed by atoms with Crippen molar-refractivity contribution in [1.29, 1.82) is 0 Å². The monoisotopic (exact) mass is 291 g/mol. The van der Waals surface area contributed by atoms with Crippen molar-refractivity contribution in [3.8, 4) is 0 Å². The van der Waals surface area contributed by atoms with Gasteiger partial charge in [-0.15, -0.1) is 0 Å². The lowest BCUT2D eigenvalue weighted by Crippen LogP contribution is -2.50. The van der Waals surface area contributed by atoms with E-state index in [1.807, 2.05) is 27.7 Å². The Bertz CT molecular complexity index is 357. The molecule has 0 spiro atoms. The highest BCUT2D eigenvalue weighted by Gasteiger charge is 2.28. The summed E-state index contributed by atoms with van der Waals surface area (Å²) in [5, 5.41) is 3.31. The van der Waals surface area contributed by atoms with Crippen LogP contribution in [0.15, 0.2) is 0 Å². The minimum absolute atomic E-state index is 0.432. The average Bonchev–Trinajstić information content (AvgIpc) is 2.26. The first-order chi connectivity index (χ1) is 8.74. The lowest BCUT2D eigenvalue weighted by atomic mass is 9.98. The first-order valence-corrected chi connectivity index (χ1v) is 8.68. The van der Waals surface area contributed by atoms with Crippen LogP contribution in [0.2, 0.25) is 0 Å². The highest BCUT2D eigenvalue weighted by atomic mass is 32.2. The fourth-order valence-corrected chi connectivity index (χ4v) is 4.10. The van der Waals surface area contributed by atoms with Gasteiger partial charge in [0.15, 0.2) is 0 Å². The van der Waals surface area contributed by atoms with E-state index in [0.29, 0.717) is 19.0 Å². The first-order valence-electron chi connectivity index (χ1n) is 7.24. The Hall–Kier alpha value is -0.170. The van der Waals surface area contributed by atoms with Crippen molar-refractivity contribution in [2.45, 2.75) is 52.5 Å². The second-order valence-corrected chi connectivity index (χ2v) is 8.08. The average molecular weight is 291 g/mol. The van der Waals surface area contributed by atoms with Crippen molar-refractivity contribution < 1.29 is 8.42 Å². The van der Waals surface area contributed by atoms with Crippen LogP contribution in [0.25, 0.3) is 0 Å². The van der Waals surface area contributed by atoms with Crippen molar-refractivity contribution in [2.75, 3.05) is 26.2 Å². The molecule has 0 aromatic rings. The minimum Gasteiger partial charge on any atom is -0.317 e. The Balaban J connectivity index is 2.69. The fraction of sp³-hybridized carbons (Fsp3) is 1.00. The molecule has 114 valence electrons. The van der Waals surface area contributed by atoms with E-state index in [9.17, 15) is 8.42 Å². The zero-order valence-corrected chi connectivity index (χ0v) is 13.5. The number of hydrogen-bond donors (Lipinski definition) is 2. The summed E-state index contributed by atoms with van der Waals surface area (Å²) in [5.74, 6) is 0.476. The Morgan fingerprint density at radius 3 is 2.32 bits per heavy atom. The molecule has 0 aromatic heterocycles.